The number of imidazole rings is 1. The molecule has 1 aromatic heterocycles. The number of hydrogen-bond acceptors (Lipinski definition) is 4. The highest BCUT2D eigenvalue weighted by atomic mass is 32.2. The van der Waals surface area contributed by atoms with E-state index in [1.165, 1.54) is 7.05 Å². The molecule has 0 aromatic carbocycles. The summed E-state index contributed by atoms with van der Waals surface area (Å²) in [5.74, 6) is -1.20. The normalized spacial score (nSPS) is 11.5. The summed E-state index contributed by atoms with van der Waals surface area (Å²) < 4.78 is 23.1. The second-order valence-corrected chi connectivity index (χ2v) is 4.47. The van der Waals surface area contributed by atoms with Crippen LogP contribution in [0.25, 0.3) is 0 Å². The minimum Gasteiger partial charge on any atom is -0.477 e. The molecule has 1 aromatic rings. The predicted octanol–water partition coefficient (Wildman–Crippen LogP) is -0.478. The molecule has 0 aliphatic carbocycles. The molecule has 13 heavy (non-hydrogen) atoms. The van der Waals surface area contributed by atoms with Crippen molar-refractivity contribution in [3.8, 4) is 0 Å². The number of carboxylic acids is 1. The molecule has 0 atom stereocenters. The van der Waals surface area contributed by atoms with E-state index >= 15 is 0 Å². The Morgan fingerprint density at radius 3 is 2.38 bits per heavy atom. The van der Waals surface area contributed by atoms with Gasteiger partial charge in [0.05, 0.1) is 6.20 Å². The van der Waals surface area contributed by atoms with E-state index in [1.807, 2.05) is 0 Å². The van der Waals surface area contributed by atoms with E-state index < -0.39 is 15.8 Å². The number of aromatic carboxylic acids is 1. The maximum Gasteiger partial charge on any atom is 0.354 e. The average Bonchev–Trinajstić information content (AvgIpc) is 2.28. The molecule has 1 N–H and O–H groups in total. The Hall–Kier alpha value is -1.37. The summed E-state index contributed by atoms with van der Waals surface area (Å²) in [6, 6.07) is 0. The predicted molar refractivity (Wildman–Crippen MR) is 43.3 cm³/mol. The lowest BCUT2D eigenvalue weighted by atomic mass is 10.5. The van der Waals surface area contributed by atoms with Crippen LogP contribution in [-0.4, -0.2) is 35.3 Å². The van der Waals surface area contributed by atoms with Crippen LogP contribution < -0.4 is 0 Å². The van der Waals surface area contributed by atoms with Gasteiger partial charge in [-0.25, -0.2) is 18.2 Å². The van der Waals surface area contributed by atoms with Crippen molar-refractivity contribution in [2.75, 3.05) is 6.26 Å². The van der Waals surface area contributed by atoms with Crippen LogP contribution in [0, 0.1) is 0 Å². The standard InChI is InChI=1S/C6H8N2O4S/c1-8-4(5(9)10)3-7-6(8)13(2,11)12/h3H,1-2H3,(H,9,10). The van der Waals surface area contributed by atoms with E-state index in [1.54, 1.807) is 0 Å². The zero-order valence-electron chi connectivity index (χ0n) is 7.05. The Morgan fingerprint density at radius 2 is 2.15 bits per heavy atom. The molecule has 72 valence electrons. The maximum absolute atomic E-state index is 11.0. The summed E-state index contributed by atoms with van der Waals surface area (Å²) in [6.07, 6.45) is 1.99. The summed E-state index contributed by atoms with van der Waals surface area (Å²) in [5, 5.41) is 8.34. The highest BCUT2D eigenvalue weighted by Crippen LogP contribution is 2.08. The number of carboxylic acid groups (broad SMARTS) is 1. The second kappa shape index (κ2) is 2.84. The van der Waals surface area contributed by atoms with Gasteiger partial charge in [0.1, 0.15) is 5.69 Å². The minimum atomic E-state index is -3.46. The van der Waals surface area contributed by atoms with Crippen molar-refractivity contribution in [2.24, 2.45) is 7.05 Å². The molecule has 0 aliphatic heterocycles. The highest BCUT2D eigenvalue weighted by molar-refractivity contribution is 7.90. The van der Waals surface area contributed by atoms with Crippen LogP contribution in [0.15, 0.2) is 11.4 Å². The van der Waals surface area contributed by atoms with Crippen molar-refractivity contribution < 1.29 is 18.3 Å². The molecule has 1 heterocycles. The maximum atomic E-state index is 11.0. The van der Waals surface area contributed by atoms with Crippen LogP contribution in [0.2, 0.25) is 0 Å². The van der Waals surface area contributed by atoms with Gasteiger partial charge in [-0.3, -0.25) is 0 Å². The van der Waals surface area contributed by atoms with Crippen molar-refractivity contribution >= 4 is 15.8 Å². The fourth-order valence-electron chi connectivity index (χ4n) is 0.936. The summed E-state index contributed by atoms with van der Waals surface area (Å²) in [7, 11) is -2.12. The smallest absolute Gasteiger partial charge is 0.354 e. The monoisotopic (exact) mass is 204 g/mol. The fraction of sp³-hybridized carbons (Fsp3) is 0.333. The Morgan fingerprint density at radius 1 is 1.62 bits per heavy atom. The number of carbonyl (C=O) groups is 1. The number of hydrogen-bond donors (Lipinski definition) is 1. The van der Waals surface area contributed by atoms with Crippen LogP contribution in [0.5, 0.6) is 0 Å². The molecule has 1 rings (SSSR count). The van der Waals surface area contributed by atoms with Gasteiger partial charge in [0, 0.05) is 13.3 Å². The lowest BCUT2D eigenvalue weighted by Gasteiger charge is -1.99. The molecule has 0 amide bonds. The van der Waals surface area contributed by atoms with E-state index in [0.29, 0.717) is 0 Å². The largest absolute Gasteiger partial charge is 0.477 e. The Bertz CT molecular complexity index is 445. The Labute approximate surface area is 74.7 Å². The van der Waals surface area contributed by atoms with Gasteiger partial charge in [-0.2, -0.15) is 0 Å². The van der Waals surface area contributed by atoms with Crippen LogP contribution in [0.1, 0.15) is 10.5 Å². The molecule has 0 spiro atoms. The van der Waals surface area contributed by atoms with Gasteiger partial charge in [-0.15, -0.1) is 0 Å². The molecule has 0 aliphatic rings. The summed E-state index contributed by atoms with van der Waals surface area (Å²) in [5.41, 5.74) is -0.152. The topological polar surface area (TPSA) is 89.3 Å². The molecule has 7 heteroatoms. The van der Waals surface area contributed by atoms with E-state index in [-0.39, 0.29) is 10.9 Å². The first-order valence-electron chi connectivity index (χ1n) is 3.29. The lowest BCUT2D eigenvalue weighted by molar-refractivity contribution is 0.0685. The van der Waals surface area contributed by atoms with Gasteiger partial charge in [-0.05, 0) is 0 Å². The highest BCUT2D eigenvalue weighted by Gasteiger charge is 2.19. The molecular formula is C6H8N2O4S. The summed E-state index contributed by atoms with van der Waals surface area (Å²) in [6.45, 7) is 0. The molecular weight excluding hydrogens is 196 g/mol. The van der Waals surface area contributed by atoms with E-state index in [0.717, 1.165) is 17.0 Å². The first kappa shape index (κ1) is 9.72. The van der Waals surface area contributed by atoms with Gasteiger partial charge in [-0.1, -0.05) is 0 Å². The third-order valence-corrected chi connectivity index (χ3v) is 2.54. The first-order valence-corrected chi connectivity index (χ1v) is 5.18. The third-order valence-electron chi connectivity index (χ3n) is 1.50. The third kappa shape index (κ3) is 1.69. The molecule has 0 radical (unpaired) electrons. The van der Waals surface area contributed by atoms with Crippen LogP contribution in [0.3, 0.4) is 0 Å². The molecule has 0 unspecified atom stereocenters. The molecule has 0 saturated heterocycles. The molecule has 0 fully saturated rings. The van der Waals surface area contributed by atoms with Gasteiger partial charge in [0.2, 0.25) is 15.0 Å². The summed E-state index contributed by atoms with van der Waals surface area (Å²) in [4.78, 5) is 14.0. The van der Waals surface area contributed by atoms with Crippen LogP contribution in [-0.2, 0) is 16.9 Å². The molecule has 0 bridgehead atoms. The van der Waals surface area contributed by atoms with Crippen LogP contribution >= 0.6 is 0 Å². The Balaban J connectivity index is 3.39. The van der Waals surface area contributed by atoms with Crippen molar-refractivity contribution in [3.05, 3.63) is 11.9 Å². The van der Waals surface area contributed by atoms with Crippen molar-refractivity contribution in [3.63, 3.8) is 0 Å². The zero-order valence-corrected chi connectivity index (χ0v) is 7.87. The zero-order chi connectivity index (χ0) is 10.2. The van der Waals surface area contributed by atoms with Gasteiger partial charge in [0.25, 0.3) is 0 Å². The first-order chi connectivity index (χ1) is 5.84. The van der Waals surface area contributed by atoms with Crippen molar-refractivity contribution in [1.29, 1.82) is 0 Å². The van der Waals surface area contributed by atoms with E-state index in [2.05, 4.69) is 4.98 Å². The van der Waals surface area contributed by atoms with Gasteiger partial charge in [0.15, 0.2) is 0 Å². The number of rotatable bonds is 2. The van der Waals surface area contributed by atoms with Crippen molar-refractivity contribution in [1.82, 2.24) is 9.55 Å². The quantitative estimate of drug-likeness (QED) is 0.702. The van der Waals surface area contributed by atoms with Gasteiger partial charge < -0.3 is 9.67 Å². The summed E-state index contributed by atoms with van der Waals surface area (Å²) >= 11 is 0. The van der Waals surface area contributed by atoms with E-state index in [9.17, 15) is 13.2 Å². The lowest BCUT2D eigenvalue weighted by Crippen LogP contribution is -2.10. The van der Waals surface area contributed by atoms with Gasteiger partial charge >= 0.3 is 5.97 Å². The number of nitrogens with zero attached hydrogens (tertiary/aromatic N) is 2. The van der Waals surface area contributed by atoms with Crippen molar-refractivity contribution in [2.45, 2.75) is 5.16 Å². The Kier molecular flexibility index (Phi) is 2.12. The SMILES string of the molecule is Cn1c(C(=O)O)cnc1S(C)(=O)=O. The number of sulfone groups is 1. The van der Waals surface area contributed by atoms with Crippen LogP contribution in [0.4, 0.5) is 0 Å². The average molecular weight is 204 g/mol. The second-order valence-electron chi connectivity index (χ2n) is 2.56. The fourth-order valence-corrected chi connectivity index (χ4v) is 1.78. The molecule has 0 saturated carbocycles. The molecule has 6 nitrogen and oxygen atoms in total. The minimum absolute atomic E-state index is 0.152. The number of aromatic nitrogens is 2. The van der Waals surface area contributed by atoms with E-state index in [4.69, 9.17) is 5.11 Å².